The lowest BCUT2D eigenvalue weighted by molar-refractivity contribution is -0.0901. The Bertz CT molecular complexity index is 235. The fraction of sp³-hybridized carbons (Fsp3) is 1.00. The Hall–Kier alpha value is -0.180. The lowest BCUT2D eigenvalue weighted by atomic mass is 9.82. The van der Waals surface area contributed by atoms with Gasteiger partial charge in [-0.05, 0) is 26.2 Å². The van der Waals surface area contributed by atoms with Crippen LogP contribution in [-0.4, -0.2) is 28.9 Å². The number of hydrogen-bond acceptors (Lipinski definition) is 1. The summed E-state index contributed by atoms with van der Waals surface area (Å²) in [5.74, 6) is -2.55. The molecule has 1 nitrogen and oxygen atoms in total. The van der Waals surface area contributed by atoms with E-state index in [1.54, 1.807) is 0 Å². The summed E-state index contributed by atoms with van der Waals surface area (Å²) in [6.07, 6.45) is -0.00773. The van der Waals surface area contributed by atoms with Crippen LogP contribution >= 0.6 is 0 Å². The van der Waals surface area contributed by atoms with Gasteiger partial charge in [0.05, 0.1) is 6.04 Å². The highest BCUT2D eigenvalue weighted by Gasteiger charge is 2.56. The van der Waals surface area contributed by atoms with Crippen LogP contribution in [0, 0.1) is 5.41 Å². The van der Waals surface area contributed by atoms with E-state index in [4.69, 9.17) is 0 Å². The predicted molar refractivity (Wildman–Crippen MR) is 59.3 cm³/mol. The van der Waals surface area contributed by atoms with Crippen LogP contribution in [0.1, 0.15) is 48.0 Å². The predicted octanol–water partition coefficient (Wildman–Crippen LogP) is 3.54. The third kappa shape index (κ3) is 2.49. The van der Waals surface area contributed by atoms with Crippen LogP contribution in [-0.2, 0) is 0 Å². The monoisotopic (exact) mass is 219 g/mol. The molecule has 1 saturated heterocycles. The molecule has 0 aliphatic carbocycles. The van der Waals surface area contributed by atoms with Crippen molar-refractivity contribution in [1.29, 1.82) is 0 Å². The van der Waals surface area contributed by atoms with Crippen molar-refractivity contribution < 1.29 is 8.78 Å². The van der Waals surface area contributed by atoms with Crippen molar-refractivity contribution in [2.24, 2.45) is 5.41 Å². The van der Waals surface area contributed by atoms with Crippen molar-refractivity contribution >= 4 is 0 Å². The topological polar surface area (TPSA) is 3.24 Å². The summed E-state index contributed by atoms with van der Waals surface area (Å²) in [5.41, 5.74) is -0.564. The molecule has 1 atom stereocenters. The van der Waals surface area contributed by atoms with E-state index in [1.165, 1.54) is 0 Å². The van der Waals surface area contributed by atoms with Gasteiger partial charge in [0.15, 0.2) is 0 Å². The van der Waals surface area contributed by atoms with E-state index in [1.807, 2.05) is 46.4 Å². The average molecular weight is 219 g/mol. The van der Waals surface area contributed by atoms with Gasteiger partial charge in [0.25, 0.3) is 5.92 Å². The molecule has 15 heavy (non-hydrogen) atoms. The summed E-state index contributed by atoms with van der Waals surface area (Å²) >= 11 is 0. The molecule has 0 spiro atoms. The van der Waals surface area contributed by atoms with E-state index < -0.39 is 12.0 Å². The van der Waals surface area contributed by atoms with Crippen molar-refractivity contribution in [3.63, 3.8) is 0 Å². The Labute approximate surface area is 91.8 Å². The number of likely N-dealkylation sites (tertiary alicyclic amines) is 1. The molecule has 1 heterocycles. The summed E-state index contributed by atoms with van der Waals surface area (Å²) in [7, 11) is 0. The molecule has 0 unspecified atom stereocenters. The Balaban J connectivity index is 3.03. The minimum absolute atomic E-state index is 0.00773. The minimum Gasteiger partial charge on any atom is -0.289 e. The highest BCUT2D eigenvalue weighted by molar-refractivity contribution is 5.03. The lowest BCUT2D eigenvalue weighted by Crippen LogP contribution is -2.54. The largest absolute Gasteiger partial charge is 0.289 e. The molecule has 1 rings (SSSR count). The first kappa shape index (κ1) is 12.9. The second kappa shape index (κ2) is 3.41. The SMILES string of the molecule is CC(C)(C)[C@H]1N(C(C)(C)C)CCC1(F)F. The number of alkyl halides is 2. The molecule has 0 amide bonds. The van der Waals surface area contributed by atoms with Crippen LogP contribution in [0.3, 0.4) is 0 Å². The Morgan fingerprint density at radius 1 is 1.07 bits per heavy atom. The van der Waals surface area contributed by atoms with E-state index in [9.17, 15) is 8.78 Å². The maximum atomic E-state index is 13.8. The smallest absolute Gasteiger partial charge is 0.265 e. The standard InChI is InChI=1S/C12H23F2N/c1-10(2,3)9-12(13,14)7-8-15(9)11(4,5)6/h9H,7-8H2,1-6H3/t9-/m1/s1. The van der Waals surface area contributed by atoms with Gasteiger partial charge in [-0.25, -0.2) is 8.78 Å². The third-order valence-electron chi connectivity index (χ3n) is 3.08. The van der Waals surface area contributed by atoms with Crippen molar-refractivity contribution in [1.82, 2.24) is 4.90 Å². The maximum Gasteiger partial charge on any atom is 0.265 e. The zero-order valence-electron chi connectivity index (χ0n) is 10.7. The molecule has 1 aliphatic rings. The van der Waals surface area contributed by atoms with Gasteiger partial charge in [0.2, 0.25) is 0 Å². The summed E-state index contributed by atoms with van der Waals surface area (Å²) < 4.78 is 27.7. The summed E-state index contributed by atoms with van der Waals surface area (Å²) in [6, 6.07) is -0.648. The van der Waals surface area contributed by atoms with Crippen molar-refractivity contribution in [3.8, 4) is 0 Å². The molecular weight excluding hydrogens is 196 g/mol. The quantitative estimate of drug-likeness (QED) is 0.602. The van der Waals surface area contributed by atoms with E-state index in [0.717, 1.165) is 0 Å². The number of nitrogens with zero attached hydrogens (tertiary/aromatic N) is 1. The van der Waals surface area contributed by atoms with Gasteiger partial charge in [0.1, 0.15) is 0 Å². The first-order valence-electron chi connectivity index (χ1n) is 5.61. The summed E-state index contributed by atoms with van der Waals surface area (Å²) in [4.78, 5) is 1.95. The van der Waals surface area contributed by atoms with E-state index in [2.05, 4.69) is 0 Å². The fourth-order valence-electron chi connectivity index (χ4n) is 2.59. The molecule has 90 valence electrons. The van der Waals surface area contributed by atoms with E-state index in [-0.39, 0.29) is 17.4 Å². The Kier molecular flexibility index (Phi) is 2.93. The fourth-order valence-corrected chi connectivity index (χ4v) is 2.59. The highest BCUT2D eigenvalue weighted by Crippen LogP contribution is 2.45. The van der Waals surface area contributed by atoms with Crippen molar-refractivity contribution in [2.75, 3.05) is 6.54 Å². The Morgan fingerprint density at radius 2 is 1.53 bits per heavy atom. The van der Waals surface area contributed by atoms with Gasteiger partial charge in [-0.1, -0.05) is 20.8 Å². The van der Waals surface area contributed by atoms with Crippen LogP contribution in [0.4, 0.5) is 8.78 Å². The first-order chi connectivity index (χ1) is 6.46. The van der Waals surface area contributed by atoms with Crippen LogP contribution in [0.25, 0.3) is 0 Å². The van der Waals surface area contributed by atoms with Gasteiger partial charge in [0, 0.05) is 18.5 Å². The summed E-state index contributed by atoms with van der Waals surface area (Å²) in [5, 5.41) is 0. The van der Waals surface area contributed by atoms with Gasteiger partial charge < -0.3 is 0 Å². The van der Waals surface area contributed by atoms with Crippen LogP contribution in [0.2, 0.25) is 0 Å². The first-order valence-corrected chi connectivity index (χ1v) is 5.61. The van der Waals surface area contributed by atoms with Gasteiger partial charge >= 0.3 is 0 Å². The van der Waals surface area contributed by atoms with Gasteiger partial charge in [-0.15, -0.1) is 0 Å². The highest BCUT2D eigenvalue weighted by atomic mass is 19.3. The Morgan fingerprint density at radius 3 is 1.80 bits per heavy atom. The number of halogens is 2. The van der Waals surface area contributed by atoms with Gasteiger partial charge in [-0.2, -0.15) is 0 Å². The molecule has 1 aliphatic heterocycles. The van der Waals surface area contributed by atoms with E-state index >= 15 is 0 Å². The molecule has 1 fully saturated rings. The zero-order valence-corrected chi connectivity index (χ0v) is 10.7. The van der Waals surface area contributed by atoms with Crippen molar-refractivity contribution in [3.05, 3.63) is 0 Å². The van der Waals surface area contributed by atoms with Gasteiger partial charge in [-0.3, -0.25) is 4.90 Å². The second-order valence-electron chi connectivity index (χ2n) is 6.64. The molecule has 0 N–H and O–H groups in total. The average Bonchev–Trinajstić information content (AvgIpc) is 2.21. The molecule has 0 bridgehead atoms. The number of rotatable bonds is 0. The molecule has 0 aromatic heterocycles. The van der Waals surface area contributed by atoms with Crippen LogP contribution in [0.15, 0.2) is 0 Å². The molecule has 0 saturated carbocycles. The number of hydrogen-bond donors (Lipinski definition) is 0. The van der Waals surface area contributed by atoms with Crippen LogP contribution in [0.5, 0.6) is 0 Å². The molecule has 3 heteroatoms. The summed E-state index contributed by atoms with van der Waals surface area (Å²) in [6.45, 7) is 12.2. The maximum absolute atomic E-state index is 13.8. The normalized spacial score (nSPS) is 28.4. The molecule has 0 radical (unpaired) electrons. The lowest BCUT2D eigenvalue weighted by Gasteiger charge is -2.44. The van der Waals surface area contributed by atoms with E-state index in [0.29, 0.717) is 6.54 Å². The molecular formula is C12H23F2N. The van der Waals surface area contributed by atoms with Crippen molar-refractivity contribution in [2.45, 2.75) is 65.5 Å². The van der Waals surface area contributed by atoms with Crippen LogP contribution < -0.4 is 0 Å². The minimum atomic E-state index is -2.55. The third-order valence-corrected chi connectivity index (χ3v) is 3.08. The zero-order chi connectivity index (χ0) is 12.1. The molecule has 0 aromatic rings. The molecule has 0 aromatic carbocycles. The second-order valence-corrected chi connectivity index (χ2v) is 6.64.